The number of carbonyl (C=O) groups excluding carboxylic acids is 1. The SMILES string of the molecule is [CH2]CCC1CCN(C(=O)C(=O)O)CC1. The fraction of sp³-hybridized carbons (Fsp3) is 0.700. The van der Waals surface area contributed by atoms with Crippen LogP contribution in [0.1, 0.15) is 25.7 Å². The Morgan fingerprint density at radius 2 is 1.93 bits per heavy atom. The van der Waals surface area contributed by atoms with Gasteiger partial charge in [0.2, 0.25) is 0 Å². The van der Waals surface area contributed by atoms with E-state index in [1.165, 1.54) is 4.90 Å². The van der Waals surface area contributed by atoms with Crippen LogP contribution in [0.25, 0.3) is 0 Å². The lowest BCUT2D eigenvalue weighted by atomic mass is 9.92. The molecule has 1 aliphatic heterocycles. The minimum absolute atomic E-state index is 0.579. The topological polar surface area (TPSA) is 57.6 Å². The highest BCUT2D eigenvalue weighted by Gasteiger charge is 2.25. The number of nitrogens with zero attached hydrogens (tertiary/aromatic N) is 1. The van der Waals surface area contributed by atoms with Crippen LogP contribution in [-0.4, -0.2) is 35.0 Å². The second kappa shape index (κ2) is 4.98. The van der Waals surface area contributed by atoms with E-state index in [0.717, 1.165) is 25.7 Å². The molecule has 0 spiro atoms. The van der Waals surface area contributed by atoms with Gasteiger partial charge >= 0.3 is 11.9 Å². The first-order valence-corrected chi connectivity index (χ1v) is 4.96. The van der Waals surface area contributed by atoms with E-state index in [1.54, 1.807) is 0 Å². The van der Waals surface area contributed by atoms with Gasteiger partial charge in [0, 0.05) is 13.1 Å². The van der Waals surface area contributed by atoms with E-state index in [4.69, 9.17) is 5.11 Å². The third-order valence-corrected chi connectivity index (χ3v) is 2.70. The number of carbonyl (C=O) groups is 2. The molecule has 0 aromatic carbocycles. The Morgan fingerprint density at radius 1 is 1.36 bits per heavy atom. The number of hydrogen-bond donors (Lipinski definition) is 1. The van der Waals surface area contributed by atoms with Gasteiger partial charge in [-0.2, -0.15) is 0 Å². The minimum Gasteiger partial charge on any atom is -0.474 e. The molecule has 0 aromatic rings. The van der Waals surface area contributed by atoms with Gasteiger partial charge in [0.15, 0.2) is 0 Å². The standard InChI is InChI=1S/C10H16NO3/c1-2-3-8-4-6-11(7-5-8)9(12)10(13)14/h8H,1-7H2,(H,13,14). The molecule has 1 N–H and O–H groups in total. The van der Waals surface area contributed by atoms with Crippen LogP contribution in [0.4, 0.5) is 0 Å². The van der Waals surface area contributed by atoms with Crippen LogP contribution in [0.15, 0.2) is 0 Å². The predicted octanol–water partition coefficient (Wildman–Crippen LogP) is 0.924. The van der Waals surface area contributed by atoms with Crippen LogP contribution in [0.3, 0.4) is 0 Å². The quantitative estimate of drug-likeness (QED) is 0.671. The van der Waals surface area contributed by atoms with Gasteiger partial charge in [-0.15, -0.1) is 0 Å². The molecule has 79 valence electrons. The number of carboxylic acids is 1. The fourth-order valence-electron chi connectivity index (χ4n) is 1.85. The molecule has 1 amide bonds. The summed E-state index contributed by atoms with van der Waals surface area (Å²) in [5.74, 6) is -1.50. The van der Waals surface area contributed by atoms with Crippen LogP contribution < -0.4 is 0 Å². The summed E-state index contributed by atoms with van der Waals surface area (Å²) >= 11 is 0. The molecule has 4 nitrogen and oxygen atoms in total. The molecule has 0 saturated carbocycles. The molecule has 0 bridgehead atoms. The zero-order valence-corrected chi connectivity index (χ0v) is 8.24. The van der Waals surface area contributed by atoms with Crippen LogP contribution in [-0.2, 0) is 9.59 Å². The van der Waals surface area contributed by atoms with Crippen LogP contribution in [0, 0.1) is 12.8 Å². The van der Waals surface area contributed by atoms with Crippen molar-refractivity contribution in [1.82, 2.24) is 4.90 Å². The molecule has 1 rings (SSSR count). The van der Waals surface area contributed by atoms with Gasteiger partial charge in [0.1, 0.15) is 0 Å². The molecular weight excluding hydrogens is 182 g/mol. The number of rotatable bonds is 2. The highest BCUT2D eigenvalue weighted by Crippen LogP contribution is 2.21. The Hall–Kier alpha value is -1.06. The molecule has 1 aliphatic rings. The highest BCUT2D eigenvalue weighted by molar-refractivity contribution is 6.31. The number of aliphatic carboxylic acids is 1. The fourth-order valence-corrected chi connectivity index (χ4v) is 1.85. The van der Waals surface area contributed by atoms with Crippen LogP contribution >= 0.6 is 0 Å². The molecular formula is C10H16NO3. The summed E-state index contributed by atoms with van der Waals surface area (Å²) in [5.41, 5.74) is 0. The summed E-state index contributed by atoms with van der Waals surface area (Å²) in [6, 6.07) is 0. The second-order valence-corrected chi connectivity index (χ2v) is 3.68. The molecule has 0 unspecified atom stereocenters. The van der Waals surface area contributed by atoms with Crippen molar-refractivity contribution in [2.24, 2.45) is 5.92 Å². The van der Waals surface area contributed by atoms with Gasteiger partial charge in [-0.1, -0.05) is 19.8 Å². The van der Waals surface area contributed by atoms with Gasteiger partial charge in [-0.3, -0.25) is 4.79 Å². The highest BCUT2D eigenvalue weighted by atomic mass is 16.4. The lowest BCUT2D eigenvalue weighted by molar-refractivity contribution is -0.156. The van der Waals surface area contributed by atoms with Gasteiger partial charge in [0.05, 0.1) is 0 Å². The van der Waals surface area contributed by atoms with E-state index in [9.17, 15) is 9.59 Å². The zero-order valence-electron chi connectivity index (χ0n) is 8.24. The van der Waals surface area contributed by atoms with Gasteiger partial charge in [-0.25, -0.2) is 4.79 Å². The molecule has 14 heavy (non-hydrogen) atoms. The predicted molar refractivity (Wildman–Crippen MR) is 51.5 cm³/mol. The van der Waals surface area contributed by atoms with Crippen molar-refractivity contribution in [3.8, 4) is 0 Å². The van der Waals surface area contributed by atoms with E-state index in [0.29, 0.717) is 19.0 Å². The number of carboxylic acid groups (broad SMARTS) is 1. The lowest BCUT2D eigenvalue weighted by Crippen LogP contribution is -2.42. The lowest BCUT2D eigenvalue weighted by Gasteiger charge is -2.30. The first-order valence-electron chi connectivity index (χ1n) is 4.96. The molecule has 1 fully saturated rings. The molecule has 4 heteroatoms. The van der Waals surface area contributed by atoms with E-state index < -0.39 is 11.9 Å². The molecule has 1 saturated heterocycles. The smallest absolute Gasteiger partial charge is 0.394 e. The van der Waals surface area contributed by atoms with Gasteiger partial charge in [-0.05, 0) is 18.8 Å². The Bertz CT molecular complexity index is 219. The van der Waals surface area contributed by atoms with Crippen LogP contribution in [0.2, 0.25) is 0 Å². The van der Waals surface area contributed by atoms with Crippen molar-refractivity contribution < 1.29 is 14.7 Å². The number of amides is 1. The number of hydrogen-bond acceptors (Lipinski definition) is 2. The van der Waals surface area contributed by atoms with E-state index in [2.05, 4.69) is 6.92 Å². The maximum atomic E-state index is 11.1. The van der Waals surface area contributed by atoms with E-state index in [-0.39, 0.29) is 0 Å². The third kappa shape index (κ3) is 2.72. The summed E-state index contributed by atoms with van der Waals surface area (Å²) in [7, 11) is 0. The Morgan fingerprint density at radius 3 is 2.36 bits per heavy atom. The Kier molecular flexibility index (Phi) is 3.92. The zero-order chi connectivity index (χ0) is 10.6. The number of piperidine rings is 1. The van der Waals surface area contributed by atoms with Gasteiger partial charge in [0.25, 0.3) is 0 Å². The largest absolute Gasteiger partial charge is 0.474 e. The summed E-state index contributed by atoms with van der Waals surface area (Å²) in [6.45, 7) is 4.95. The number of likely N-dealkylation sites (tertiary alicyclic amines) is 1. The first kappa shape index (κ1) is 11.0. The summed E-state index contributed by atoms with van der Waals surface area (Å²) in [6.07, 6.45) is 3.82. The molecule has 0 atom stereocenters. The molecule has 1 radical (unpaired) electrons. The van der Waals surface area contributed by atoms with E-state index in [1.807, 2.05) is 0 Å². The van der Waals surface area contributed by atoms with Crippen molar-refractivity contribution in [3.63, 3.8) is 0 Å². The third-order valence-electron chi connectivity index (χ3n) is 2.70. The normalized spacial score (nSPS) is 18.2. The molecule has 1 heterocycles. The first-order chi connectivity index (χ1) is 6.65. The molecule has 0 aromatic heterocycles. The van der Waals surface area contributed by atoms with Crippen molar-refractivity contribution >= 4 is 11.9 Å². The summed E-state index contributed by atoms with van der Waals surface area (Å²) < 4.78 is 0. The summed E-state index contributed by atoms with van der Waals surface area (Å²) in [5, 5.41) is 8.50. The maximum Gasteiger partial charge on any atom is 0.394 e. The van der Waals surface area contributed by atoms with Crippen molar-refractivity contribution in [2.45, 2.75) is 25.7 Å². The van der Waals surface area contributed by atoms with Crippen molar-refractivity contribution in [3.05, 3.63) is 6.92 Å². The maximum absolute atomic E-state index is 11.1. The van der Waals surface area contributed by atoms with Crippen molar-refractivity contribution in [1.29, 1.82) is 0 Å². The average molecular weight is 198 g/mol. The summed E-state index contributed by atoms with van der Waals surface area (Å²) in [4.78, 5) is 22.9. The Balaban J connectivity index is 2.35. The Labute approximate surface area is 83.9 Å². The monoisotopic (exact) mass is 198 g/mol. The molecule has 0 aliphatic carbocycles. The van der Waals surface area contributed by atoms with Crippen molar-refractivity contribution in [2.75, 3.05) is 13.1 Å². The van der Waals surface area contributed by atoms with Crippen LogP contribution in [0.5, 0.6) is 0 Å². The second-order valence-electron chi connectivity index (χ2n) is 3.68. The van der Waals surface area contributed by atoms with E-state index >= 15 is 0 Å². The minimum atomic E-state index is -1.35. The van der Waals surface area contributed by atoms with Gasteiger partial charge < -0.3 is 10.0 Å². The average Bonchev–Trinajstić information content (AvgIpc) is 2.18.